The fraction of sp³-hybridized carbons (Fsp3) is 0.462. The molecule has 0 saturated heterocycles. The van der Waals surface area contributed by atoms with E-state index in [0.717, 1.165) is 12.8 Å². The number of carbonyl (C=O) groups is 1. The lowest BCUT2D eigenvalue weighted by Gasteiger charge is -2.13. The largest absolute Gasteiger partial charge is 0.483 e. The van der Waals surface area contributed by atoms with Crippen LogP contribution in [0.15, 0.2) is 18.2 Å². The average molecular weight is 252 g/mol. The Hall–Kier alpha value is -1.62. The number of hydrogen-bond acceptors (Lipinski definition) is 3. The Balaban J connectivity index is 1.98. The van der Waals surface area contributed by atoms with Crippen molar-refractivity contribution in [1.29, 1.82) is 0 Å². The summed E-state index contributed by atoms with van der Waals surface area (Å²) in [5, 5.41) is 2.80. The molecule has 4 nitrogen and oxygen atoms in total. The number of hydrogen-bond donors (Lipinski definition) is 2. The monoisotopic (exact) mass is 252 g/mol. The van der Waals surface area contributed by atoms with E-state index in [1.807, 2.05) is 0 Å². The molecule has 0 aromatic heterocycles. The number of nitrogens with one attached hydrogen (secondary N) is 1. The SMILES string of the molecule is C[C@H](N)c1ccc(F)cc1OCC(=O)NC1CC1. The second-order valence-corrected chi connectivity index (χ2v) is 4.60. The van der Waals surface area contributed by atoms with E-state index in [4.69, 9.17) is 10.5 Å². The van der Waals surface area contributed by atoms with Gasteiger partial charge in [0.15, 0.2) is 6.61 Å². The number of halogens is 1. The molecule has 2 rings (SSSR count). The van der Waals surface area contributed by atoms with Crippen molar-refractivity contribution in [3.8, 4) is 5.75 Å². The van der Waals surface area contributed by atoms with Crippen LogP contribution in [0.1, 0.15) is 31.4 Å². The Morgan fingerprint density at radius 3 is 2.94 bits per heavy atom. The number of carbonyl (C=O) groups excluding carboxylic acids is 1. The first kappa shape index (κ1) is 12.8. The molecule has 3 N–H and O–H groups in total. The van der Waals surface area contributed by atoms with Gasteiger partial charge in [0, 0.05) is 23.7 Å². The van der Waals surface area contributed by atoms with Gasteiger partial charge < -0.3 is 15.8 Å². The zero-order valence-electron chi connectivity index (χ0n) is 10.3. The normalized spacial score (nSPS) is 16.2. The van der Waals surface area contributed by atoms with Crippen molar-refractivity contribution in [2.45, 2.75) is 31.8 Å². The van der Waals surface area contributed by atoms with Gasteiger partial charge in [0.25, 0.3) is 5.91 Å². The zero-order valence-corrected chi connectivity index (χ0v) is 10.3. The number of ether oxygens (including phenoxy) is 1. The lowest BCUT2D eigenvalue weighted by molar-refractivity contribution is -0.123. The first-order chi connectivity index (χ1) is 8.56. The van der Waals surface area contributed by atoms with Gasteiger partial charge in [0.1, 0.15) is 11.6 Å². The van der Waals surface area contributed by atoms with E-state index in [0.29, 0.717) is 17.4 Å². The van der Waals surface area contributed by atoms with Crippen molar-refractivity contribution in [2.75, 3.05) is 6.61 Å². The Kier molecular flexibility index (Phi) is 3.81. The van der Waals surface area contributed by atoms with E-state index < -0.39 is 5.82 Å². The van der Waals surface area contributed by atoms with Gasteiger partial charge in [-0.25, -0.2) is 4.39 Å². The molecule has 1 amide bonds. The van der Waals surface area contributed by atoms with Crippen LogP contribution in [0, 0.1) is 5.82 Å². The summed E-state index contributed by atoms with van der Waals surface area (Å²) < 4.78 is 18.5. The molecule has 5 heteroatoms. The summed E-state index contributed by atoms with van der Waals surface area (Å²) in [5.41, 5.74) is 6.45. The third-order valence-corrected chi connectivity index (χ3v) is 2.77. The molecule has 1 saturated carbocycles. The van der Waals surface area contributed by atoms with Gasteiger partial charge in [-0.15, -0.1) is 0 Å². The maximum absolute atomic E-state index is 13.1. The summed E-state index contributed by atoms with van der Waals surface area (Å²) in [4.78, 5) is 11.5. The third-order valence-electron chi connectivity index (χ3n) is 2.77. The molecule has 0 aliphatic heterocycles. The van der Waals surface area contributed by atoms with Crippen LogP contribution in [0.25, 0.3) is 0 Å². The van der Waals surface area contributed by atoms with Gasteiger partial charge in [0.2, 0.25) is 0 Å². The predicted molar refractivity (Wildman–Crippen MR) is 65.7 cm³/mol. The fourth-order valence-corrected chi connectivity index (χ4v) is 1.65. The van der Waals surface area contributed by atoms with E-state index in [2.05, 4.69) is 5.32 Å². The number of benzene rings is 1. The fourth-order valence-electron chi connectivity index (χ4n) is 1.65. The average Bonchev–Trinajstić information content (AvgIpc) is 3.10. The predicted octanol–water partition coefficient (Wildman–Crippen LogP) is 1.50. The first-order valence-corrected chi connectivity index (χ1v) is 6.03. The molecule has 1 aliphatic rings. The first-order valence-electron chi connectivity index (χ1n) is 6.03. The van der Waals surface area contributed by atoms with Gasteiger partial charge in [-0.05, 0) is 25.8 Å². The summed E-state index contributed by atoms with van der Waals surface area (Å²) in [6, 6.07) is 4.18. The van der Waals surface area contributed by atoms with Gasteiger partial charge >= 0.3 is 0 Å². The Morgan fingerprint density at radius 2 is 2.33 bits per heavy atom. The Morgan fingerprint density at radius 1 is 1.61 bits per heavy atom. The van der Waals surface area contributed by atoms with Crippen LogP contribution in [0.4, 0.5) is 4.39 Å². The maximum atomic E-state index is 13.1. The molecule has 1 fully saturated rings. The number of amides is 1. The maximum Gasteiger partial charge on any atom is 0.258 e. The van der Waals surface area contributed by atoms with Crippen LogP contribution in [0.5, 0.6) is 5.75 Å². The molecule has 0 heterocycles. The van der Waals surface area contributed by atoms with E-state index in [9.17, 15) is 9.18 Å². The van der Waals surface area contributed by atoms with Gasteiger partial charge in [0.05, 0.1) is 0 Å². The van der Waals surface area contributed by atoms with Crippen LogP contribution in [0.2, 0.25) is 0 Å². The molecule has 0 spiro atoms. The second-order valence-electron chi connectivity index (χ2n) is 4.60. The van der Waals surface area contributed by atoms with Crippen molar-refractivity contribution >= 4 is 5.91 Å². The summed E-state index contributed by atoms with van der Waals surface area (Å²) in [6.07, 6.45) is 2.05. The molecule has 1 aliphatic carbocycles. The Labute approximate surface area is 105 Å². The third kappa shape index (κ3) is 3.43. The molecule has 1 aromatic rings. The number of rotatable bonds is 5. The highest BCUT2D eigenvalue weighted by Crippen LogP contribution is 2.25. The van der Waals surface area contributed by atoms with Gasteiger partial charge in [-0.1, -0.05) is 6.07 Å². The number of nitrogens with two attached hydrogens (primary N) is 1. The Bertz CT molecular complexity index is 445. The molecule has 98 valence electrons. The lowest BCUT2D eigenvalue weighted by atomic mass is 10.1. The highest BCUT2D eigenvalue weighted by atomic mass is 19.1. The quantitative estimate of drug-likeness (QED) is 0.834. The van der Waals surface area contributed by atoms with Crippen LogP contribution in [-0.4, -0.2) is 18.6 Å². The van der Waals surface area contributed by atoms with Crippen LogP contribution in [0.3, 0.4) is 0 Å². The zero-order chi connectivity index (χ0) is 13.1. The van der Waals surface area contributed by atoms with Crippen molar-refractivity contribution in [1.82, 2.24) is 5.32 Å². The van der Waals surface area contributed by atoms with E-state index in [1.54, 1.807) is 13.0 Å². The summed E-state index contributed by atoms with van der Waals surface area (Å²) in [7, 11) is 0. The topological polar surface area (TPSA) is 64.3 Å². The van der Waals surface area contributed by atoms with Gasteiger partial charge in [-0.3, -0.25) is 4.79 Å². The molecular formula is C13H17FN2O2. The molecule has 0 bridgehead atoms. The highest BCUT2D eigenvalue weighted by Gasteiger charge is 2.23. The second kappa shape index (κ2) is 5.35. The van der Waals surface area contributed by atoms with Crippen molar-refractivity contribution in [3.05, 3.63) is 29.6 Å². The van der Waals surface area contributed by atoms with Crippen molar-refractivity contribution in [2.24, 2.45) is 5.73 Å². The standard InChI is InChI=1S/C13H17FN2O2/c1-8(15)11-5-2-9(14)6-12(11)18-7-13(17)16-10-3-4-10/h2,5-6,8,10H,3-4,7,15H2,1H3,(H,16,17)/t8-/m0/s1. The minimum Gasteiger partial charge on any atom is -0.483 e. The minimum absolute atomic E-state index is 0.111. The summed E-state index contributed by atoms with van der Waals surface area (Å²) in [5.74, 6) is -0.259. The molecule has 0 radical (unpaired) electrons. The van der Waals surface area contributed by atoms with Crippen LogP contribution >= 0.6 is 0 Å². The van der Waals surface area contributed by atoms with Crippen molar-refractivity contribution < 1.29 is 13.9 Å². The van der Waals surface area contributed by atoms with Crippen molar-refractivity contribution in [3.63, 3.8) is 0 Å². The lowest BCUT2D eigenvalue weighted by Crippen LogP contribution is -2.30. The van der Waals surface area contributed by atoms with Gasteiger partial charge in [-0.2, -0.15) is 0 Å². The highest BCUT2D eigenvalue weighted by molar-refractivity contribution is 5.78. The summed E-state index contributed by atoms with van der Waals surface area (Å²) in [6.45, 7) is 1.67. The molecular weight excluding hydrogens is 235 g/mol. The molecule has 0 unspecified atom stereocenters. The minimum atomic E-state index is -0.406. The smallest absolute Gasteiger partial charge is 0.258 e. The molecule has 1 aromatic carbocycles. The van der Waals surface area contributed by atoms with E-state index in [-0.39, 0.29) is 18.6 Å². The molecule has 1 atom stereocenters. The molecule has 18 heavy (non-hydrogen) atoms. The van der Waals surface area contributed by atoms with E-state index in [1.165, 1.54) is 12.1 Å². The van der Waals surface area contributed by atoms with E-state index >= 15 is 0 Å². The van der Waals surface area contributed by atoms with Crippen LogP contribution in [-0.2, 0) is 4.79 Å². The summed E-state index contributed by atoms with van der Waals surface area (Å²) >= 11 is 0. The van der Waals surface area contributed by atoms with Crippen LogP contribution < -0.4 is 15.8 Å².